The predicted octanol–water partition coefficient (Wildman–Crippen LogP) is 1.61. The fraction of sp³-hybridized carbons (Fsp3) is 0.923. The number of likely N-dealkylation sites (tertiary alicyclic amines) is 1. The predicted molar refractivity (Wildman–Crippen MR) is 65.0 cm³/mol. The van der Waals surface area contributed by atoms with Gasteiger partial charge in [0.15, 0.2) is 0 Å². The Morgan fingerprint density at radius 3 is 2.94 bits per heavy atom. The van der Waals surface area contributed by atoms with Gasteiger partial charge in [-0.2, -0.15) is 5.26 Å². The lowest BCUT2D eigenvalue weighted by molar-refractivity contribution is 0.277. The van der Waals surface area contributed by atoms with Crippen molar-refractivity contribution < 1.29 is 0 Å². The van der Waals surface area contributed by atoms with Gasteiger partial charge in [-0.3, -0.25) is 0 Å². The third-order valence-corrected chi connectivity index (χ3v) is 4.03. The van der Waals surface area contributed by atoms with Gasteiger partial charge in [0.25, 0.3) is 0 Å². The highest BCUT2D eigenvalue weighted by molar-refractivity contribution is 4.95. The van der Waals surface area contributed by atoms with E-state index in [9.17, 15) is 0 Å². The first-order valence-electron chi connectivity index (χ1n) is 6.48. The maximum Gasteiger partial charge on any atom is 0.0684 e. The van der Waals surface area contributed by atoms with Crippen molar-refractivity contribution in [3.8, 4) is 6.07 Å². The van der Waals surface area contributed by atoms with Gasteiger partial charge in [0.2, 0.25) is 0 Å². The van der Waals surface area contributed by atoms with E-state index in [4.69, 9.17) is 5.26 Å². The second kappa shape index (κ2) is 4.73. The molecule has 0 unspecified atom stereocenters. The van der Waals surface area contributed by atoms with Crippen LogP contribution in [0, 0.1) is 22.7 Å². The van der Waals surface area contributed by atoms with Crippen molar-refractivity contribution in [2.75, 3.05) is 26.2 Å². The Kier molecular flexibility index (Phi) is 3.51. The van der Waals surface area contributed by atoms with Gasteiger partial charge in [-0.15, -0.1) is 0 Å². The first-order valence-corrected chi connectivity index (χ1v) is 6.48. The summed E-state index contributed by atoms with van der Waals surface area (Å²) in [6.45, 7) is 8.77. The Morgan fingerprint density at radius 2 is 2.25 bits per heavy atom. The molecule has 0 amide bonds. The highest BCUT2D eigenvalue weighted by Crippen LogP contribution is 2.26. The van der Waals surface area contributed by atoms with Gasteiger partial charge in [-0.05, 0) is 52.1 Å². The normalized spacial score (nSPS) is 31.1. The van der Waals surface area contributed by atoms with Crippen molar-refractivity contribution in [1.82, 2.24) is 10.2 Å². The first-order chi connectivity index (χ1) is 7.61. The zero-order valence-corrected chi connectivity index (χ0v) is 10.5. The standard InChI is InChI=1S/C13H23N3/c1-13(2,10-14)5-7-16-8-11-4-3-6-15-12(11)9-16/h11-12,15H,3-9H2,1-2H3/t11-,12+/m0/s1. The van der Waals surface area contributed by atoms with Crippen LogP contribution in [-0.2, 0) is 0 Å². The van der Waals surface area contributed by atoms with Crippen molar-refractivity contribution in [3.63, 3.8) is 0 Å². The lowest BCUT2D eigenvalue weighted by atomic mass is 9.91. The average Bonchev–Trinajstić information content (AvgIpc) is 2.69. The molecule has 2 aliphatic rings. The van der Waals surface area contributed by atoms with E-state index >= 15 is 0 Å². The van der Waals surface area contributed by atoms with Crippen LogP contribution in [0.3, 0.4) is 0 Å². The summed E-state index contributed by atoms with van der Waals surface area (Å²) in [7, 11) is 0. The molecule has 0 aromatic heterocycles. The Morgan fingerprint density at radius 1 is 1.44 bits per heavy atom. The van der Waals surface area contributed by atoms with Crippen LogP contribution in [0.15, 0.2) is 0 Å². The van der Waals surface area contributed by atoms with E-state index in [-0.39, 0.29) is 5.41 Å². The molecule has 0 saturated carbocycles. The smallest absolute Gasteiger partial charge is 0.0684 e. The molecular weight excluding hydrogens is 198 g/mol. The first kappa shape index (κ1) is 11.9. The molecule has 0 spiro atoms. The fourth-order valence-electron chi connectivity index (χ4n) is 2.81. The SMILES string of the molecule is CC(C)(C#N)CCN1C[C@@H]2CCCN[C@@H]2C1. The van der Waals surface area contributed by atoms with Crippen molar-refractivity contribution in [3.05, 3.63) is 0 Å². The van der Waals surface area contributed by atoms with Crippen LogP contribution in [0.4, 0.5) is 0 Å². The van der Waals surface area contributed by atoms with Crippen LogP contribution >= 0.6 is 0 Å². The summed E-state index contributed by atoms with van der Waals surface area (Å²) >= 11 is 0. The van der Waals surface area contributed by atoms with E-state index in [0.29, 0.717) is 0 Å². The molecular formula is C13H23N3. The van der Waals surface area contributed by atoms with Crippen molar-refractivity contribution in [2.24, 2.45) is 11.3 Å². The minimum absolute atomic E-state index is 0.165. The fourth-order valence-corrected chi connectivity index (χ4v) is 2.81. The minimum Gasteiger partial charge on any atom is -0.312 e. The molecule has 0 aliphatic carbocycles. The van der Waals surface area contributed by atoms with Gasteiger partial charge >= 0.3 is 0 Å². The molecule has 0 aromatic carbocycles. The molecule has 2 fully saturated rings. The van der Waals surface area contributed by atoms with Crippen LogP contribution in [0.25, 0.3) is 0 Å². The number of fused-ring (bicyclic) bond motifs is 1. The van der Waals surface area contributed by atoms with Crippen LogP contribution in [0.5, 0.6) is 0 Å². The maximum absolute atomic E-state index is 8.99. The van der Waals surface area contributed by atoms with Gasteiger partial charge in [0, 0.05) is 19.1 Å². The molecule has 2 aliphatic heterocycles. The number of nitrogens with one attached hydrogen (secondary N) is 1. The summed E-state index contributed by atoms with van der Waals surface area (Å²) in [5, 5.41) is 12.6. The molecule has 1 N–H and O–H groups in total. The van der Waals surface area contributed by atoms with Crippen molar-refractivity contribution >= 4 is 0 Å². The van der Waals surface area contributed by atoms with E-state index in [1.165, 1.54) is 32.5 Å². The molecule has 2 rings (SSSR count). The Hall–Kier alpha value is -0.590. The zero-order chi connectivity index (χ0) is 11.6. The molecule has 3 heteroatoms. The van der Waals surface area contributed by atoms with Crippen LogP contribution in [0.2, 0.25) is 0 Å². The summed E-state index contributed by atoms with van der Waals surface area (Å²) in [6, 6.07) is 3.11. The summed E-state index contributed by atoms with van der Waals surface area (Å²) in [6.07, 6.45) is 3.71. The second-order valence-electron chi connectivity index (χ2n) is 5.97. The zero-order valence-electron chi connectivity index (χ0n) is 10.5. The molecule has 2 atom stereocenters. The monoisotopic (exact) mass is 221 g/mol. The van der Waals surface area contributed by atoms with Crippen molar-refractivity contribution in [1.29, 1.82) is 5.26 Å². The van der Waals surface area contributed by atoms with E-state index < -0.39 is 0 Å². The Balaban J connectivity index is 1.78. The summed E-state index contributed by atoms with van der Waals surface area (Å²) in [4.78, 5) is 2.53. The molecule has 3 nitrogen and oxygen atoms in total. The van der Waals surface area contributed by atoms with E-state index in [1.54, 1.807) is 0 Å². The molecule has 0 radical (unpaired) electrons. The van der Waals surface area contributed by atoms with Gasteiger partial charge in [0.05, 0.1) is 11.5 Å². The summed E-state index contributed by atoms with van der Waals surface area (Å²) in [5.41, 5.74) is -0.165. The lowest BCUT2D eigenvalue weighted by Crippen LogP contribution is -2.40. The van der Waals surface area contributed by atoms with Gasteiger partial charge in [-0.1, -0.05) is 0 Å². The molecule has 0 bridgehead atoms. The highest BCUT2D eigenvalue weighted by Gasteiger charge is 2.34. The number of hydrogen-bond acceptors (Lipinski definition) is 3. The maximum atomic E-state index is 8.99. The van der Waals surface area contributed by atoms with Crippen molar-refractivity contribution in [2.45, 2.75) is 39.2 Å². The summed E-state index contributed by atoms with van der Waals surface area (Å²) in [5.74, 6) is 0.860. The third kappa shape index (κ3) is 2.75. The molecule has 90 valence electrons. The average molecular weight is 221 g/mol. The van der Waals surface area contributed by atoms with E-state index in [0.717, 1.165) is 24.9 Å². The van der Waals surface area contributed by atoms with Gasteiger partial charge in [-0.25, -0.2) is 0 Å². The summed E-state index contributed by atoms with van der Waals surface area (Å²) < 4.78 is 0. The molecule has 2 saturated heterocycles. The van der Waals surface area contributed by atoms with Crippen LogP contribution < -0.4 is 5.32 Å². The highest BCUT2D eigenvalue weighted by atomic mass is 15.2. The van der Waals surface area contributed by atoms with E-state index in [1.807, 2.05) is 13.8 Å². The Labute approximate surface area is 98.8 Å². The topological polar surface area (TPSA) is 39.1 Å². The molecule has 0 aromatic rings. The van der Waals surface area contributed by atoms with Gasteiger partial charge in [0.1, 0.15) is 0 Å². The van der Waals surface area contributed by atoms with Crippen LogP contribution in [-0.4, -0.2) is 37.1 Å². The largest absolute Gasteiger partial charge is 0.312 e. The number of nitriles is 1. The third-order valence-electron chi connectivity index (χ3n) is 4.03. The second-order valence-corrected chi connectivity index (χ2v) is 5.97. The number of rotatable bonds is 3. The quantitative estimate of drug-likeness (QED) is 0.787. The Bertz CT molecular complexity index is 265. The van der Waals surface area contributed by atoms with E-state index in [2.05, 4.69) is 16.3 Å². The van der Waals surface area contributed by atoms with Gasteiger partial charge < -0.3 is 10.2 Å². The lowest BCUT2D eigenvalue weighted by Gasteiger charge is -2.24. The molecule has 2 heterocycles. The molecule has 16 heavy (non-hydrogen) atoms. The minimum atomic E-state index is -0.165. The van der Waals surface area contributed by atoms with Crippen LogP contribution in [0.1, 0.15) is 33.1 Å². The number of hydrogen-bond donors (Lipinski definition) is 1. The number of piperidine rings is 1. The number of nitrogens with zero attached hydrogens (tertiary/aromatic N) is 2.